The third kappa shape index (κ3) is 7.73. The van der Waals surface area contributed by atoms with Gasteiger partial charge in [-0.3, -0.25) is 0 Å². The Morgan fingerprint density at radius 3 is 1.38 bits per heavy atom. The summed E-state index contributed by atoms with van der Waals surface area (Å²) in [5.74, 6) is 0. The van der Waals surface area contributed by atoms with E-state index in [-0.39, 0.29) is 0 Å². The van der Waals surface area contributed by atoms with Gasteiger partial charge in [0.1, 0.15) is 0 Å². The summed E-state index contributed by atoms with van der Waals surface area (Å²) in [5.41, 5.74) is 12.4. The highest BCUT2D eigenvalue weighted by Gasteiger charge is 2.19. The average Bonchev–Trinajstić information content (AvgIpc) is 3.59. The van der Waals surface area contributed by atoms with Gasteiger partial charge < -0.3 is 0 Å². The molecule has 0 aromatic heterocycles. The molecule has 0 unspecified atom stereocenters. The molecule has 0 bridgehead atoms. The van der Waals surface area contributed by atoms with Crippen LogP contribution in [0.1, 0.15) is 90.5 Å². The lowest BCUT2D eigenvalue weighted by Crippen LogP contribution is -2.06. The van der Waals surface area contributed by atoms with E-state index in [1.165, 1.54) is 35.1 Å². The smallest absolute Gasteiger partial charge is 0.00232 e. The fourth-order valence-corrected chi connectivity index (χ4v) is 4.59. The van der Waals surface area contributed by atoms with Gasteiger partial charge in [-0.1, -0.05) is 134 Å². The third-order valence-electron chi connectivity index (χ3n) is 6.06. The van der Waals surface area contributed by atoms with Gasteiger partial charge in [-0.05, 0) is 77.5 Å². The van der Waals surface area contributed by atoms with Crippen molar-refractivity contribution in [2.24, 2.45) is 0 Å². The quantitative estimate of drug-likeness (QED) is 0.370. The first-order valence-electron chi connectivity index (χ1n) is 13.8. The van der Waals surface area contributed by atoms with E-state index in [4.69, 9.17) is 0 Å². The molecule has 0 aliphatic heterocycles. The summed E-state index contributed by atoms with van der Waals surface area (Å²) in [6.45, 7) is 16.0. The molecule has 184 valence electrons. The Morgan fingerprint density at radius 2 is 0.912 bits per heavy atom. The van der Waals surface area contributed by atoms with Gasteiger partial charge in [0.15, 0.2) is 0 Å². The maximum absolute atomic E-state index is 2.37. The van der Waals surface area contributed by atoms with Crippen LogP contribution in [-0.4, -0.2) is 0 Å². The lowest BCUT2D eigenvalue weighted by atomic mass is 9.86. The molecule has 0 fully saturated rings. The zero-order chi connectivity index (χ0) is 25.3. The van der Waals surface area contributed by atoms with Gasteiger partial charge in [-0.15, -0.1) is 0 Å². The summed E-state index contributed by atoms with van der Waals surface area (Å²) in [4.78, 5) is 0. The van der Waals surface area contributed by atoms with Gasteiger partial charge in [-0.2, -0.15) is 0 Å². The molecule has 2 aromatic carbocycles. The minimum absolute atomic E-state index is 1.15. The van der Waals surface area contributed by atoms with E-state index in [0.29, 0.717) is 0 Å². The summed E-state index contributed by atoms with van der Waals surface area (Å²) >= 11 is 0. The van der Waals surface area contributed by atoms with Crippen molar-refractivity contribution < 1.29 is 0 Å². The number of benzene rings is 2. The maximum atomic E-state index is 2.37. The summed E-state index contributed by atoms with van der Waals surface area (Å²) in [6.07, 6.45) is 16.3. The number of rotatable bonds is 0. The van der Waals surface area contributed by atoms with Crippen LogP contribution in [0.5, 0.6) is 0 Å². The number of allylic oxidation sites excluding steroid dienone is 8. The van der Waals surface area contributed by atoms with E-state index >= 15 is 0 Å². The SMILES string of the molecule is C1=C2Cc3ccccc3CC2=CC1.C1=CC2=C(C1)Cc1ccccc1C2.CC.CC.CC.CC. The lowest BCUT2D eigenvalue weighted by molar-refractivity contribution is 0.966. The standard InChI is InChI=1S/2C13H12.4C2H6/c2*1-2-5-11-9-13-7-3-6-12(13)8-10(11)4-1;4*1-2/h1-2,4-7H,3,8-9H2;1-6H,7-9H2;4*1-2H3. The Balaban J connectivity index is 0.000000264. The molecule has 0 saturated heterocycles. The number of fused-ring (bicyclic) bond motifs is 3. The van der Waals surface area contributed by atoms with Crippen LogP contribution in [0.25, 0.3) is 0 Å². The molecule has 2 aromatic rings. The van der Waals surface area contributed by atoms with Crippen LogP contribution >= 0.6 is 0 Å². The van der Waals surface area contributed by atoms with E-state index in [1.807, 2.05) is 55.4 Å². The predicted octanol–water partition coefficient (Wildman–Crippen LogP) is 10.2. The zero-order valence-electron chi connectivity index (χ0n) is 23.2. The first-order chi connectivity index (χ1) is 16.9. The van der Waals surface area contributed by atoms with Crippen LogP contribution in [-0.2, 0) is 25.7 Å². The summed E-state index contributed by atoms with van der Waals surface area (Å²) in [7, 11) is 0. The maximum Gasteiger partial charge on any atom is -0.00232 e. The van der Waals surface area contributed by atoms with Crippen LogP contribution in [0, 0.1) is 0 Å². The Hall–Kier alpha value is -2.60. The van der Waals surface area contributed by atoms with Crippen molar-refractivity contribution in [3.63, 3.8) is 0 Å². The van der Waals surface area contributed by atoms with Crippen molar-refractivity contribution in [3.05, 3.63) is 117 Å². The Labute approximate surface area is 211 Å². The molecule has 6 rings (SSSR count). The molecule has 34 heavy (non-hydrogen) atoms. The minimum Gasteiger partial charge on any atom is -0.0802 e. The van der Waals surface area contributed by atoms with Crippen molar-refractivity contribution in [2.75, 3.05) is 0 Å². The number of hydrogen-bond donors (Lipinski definition) is 0. The van der Waals surface area contributed by atoms with E-state index in [0.717, 1.165) is 25.7 Å². The molecule has 0 nitrogen and oxygen atoms in total. The fourth-order valence-electron chi connectivity index (χ4n) is 4.59. The molecule has 0 radical (unpaired) electrons. The summed E-state index contributed by atoms with van der Waals surface area (Å²) in [5, 5.41) is 0. The fraction of sp³-hybridized carbons (Fsp3) is 0.412. The van der Waals surface area contributed by atoms with Gasteiger partial charge in [-0.25, -0.2) is 0 Å². The van der Waals surface area contributed by atoms with E-state index < -0.39 is 0 Å². The number of hydrogen-bond acceptors (Lipinski definition) is 0. The van der Waals surface area contributed by atoms with E-state index in [2.05, 4.69) is 72.8 Å². The molecule has 4 aliphatic rings. The van der Waals surface area contributed by atoms with E-state index in [9.17, 15) is 0 Å². The molecular formula is C34H48. The molecule has 0 spiro atoms. The lowest BCUT2D eigenvalue weighted by Gasteiger charge is -2.19. The van der Waals surface area contributed by atoms with Crippen molar-refractivity contribution in [2.45, 2.75) is 93.9 Å². The van der Waals surface area contributed by atoms with Gasteiger partial charge in [0.05, 0.1) is 0 Å². The van der Waals surface area contributed by atoms with Crippen molar-refractivity contribution in [3.8, 4) is 0 Å². The largest absolute Gasteiger partial charge is 0.0802 e. The first-order valence-corrected chi connectivity index (χ1v) is 13.8. The highest BCUT2D eigenvalue weighted by atomic mass is 14.2. The molecule has 0 heteroatoms. The molecule has 0 N–H and O–H groups in total. The van der Waals surface area contributed by atoms with Gasteiger partial charge >= 0.3 is 0 Å². The van der Waals surface area contributed by atoms with Crippen LogP contribution in [0.4, 0.5) is 0 Å². The molecular weight excluding hydrogens is 408 g/mol. The van der Waals surface area contributed by atoms with Crippen LogP contribution < -0.4 is 0 Å². The Bertz CT molecular complexity index is 940. The normalized spacial score (nSPS) is 15.1. The Morgan fingerprint density at radius 1 is 0.500 bits per heavy atom. The molecule has 0 amide bonds. The topological polar surface area (TPSA) is 0 Å². The zero-order valence-corrected chi connectivity index (χ0v) is 23.2. The minimum atomic E-state index is 1.15. The third-order valence-corrected chi connectivity index (χ3v) is 6.06. The van der Waals surface area contributed by atoms with Crippen LogP contribution in [0.2, 0.25) is 0 Å². The van der Waals surface area contributed by atoms with Gasteiger partial charge in [0, 0.05) is 0 Å². The Kier molecular flexibility index (Phi) is 14.7. The monoisotopic (exact) mass is 456 g/mol. The second-order valence-electron chi connectivity index (χ2n) is 7.67. The van der Waals surface area contributed by atoms with Gasteiger partial charge in [0.25, 0.3) is 0 Å². The van der Waals surface area contributed by atoms with E-state index in [1.54, 1.807) is 22.3 Å². The van der Waals surface area contributed by atoms with Crippen LogP contribution in [0.15, 0.2) is 95.1 Å². The average molecular weight is 457 g/mol. The summed E-state index contributed by atoms with van der Waals surface area (Å²) in [6, 6.07) is 17.6. The van der Waals surface area contributed by atoms with Crippen molar-refractivity contribution in [1.29, 1.82) is 0 Å². The van der Waals surface area contributed by atoms with Crippen LogP contribution in [0.3, 0.4) is 0 Å². The molecule has 0 heterocycles. The van der Waals surface area contributed by atoms with Crippen molar-refractivity contribution in [1.82, 2.24) is 0 Å². The van der Waals surface area contributed by atoms with Gasteiger partial charge in [0.2, 0.25) is 0 Å². The first kappa shape index (κ1) is 29.4. The second-order valence-corrected chi connectivity index (χ2v) is 7.67. The highest BCUT2D eigenvalue weighted by molar-refractivity contribution is 5.50. The molecule has 4 aliphatic carbocycles. The highest BCUT2D eigenvalue weighted by Crippen LogP contribution is 2.33. The molecule has 0 saturated carbocycles. The predicted molar refractivity (Wildman–Crippen MR) is 155 cm³/mol. The summed E-state index contributed by atoms with van der Waals surface area (Å²) < 4.78 is 0. The van der Waals surface area contributed by atoms with Crippen molar-refractivity contribution >= 4 is 0 Å². The second kappa shape index (κ2) is 16.9. The molecule has 0 atom stereocenters.